The van der Waals surface area contributed by atoms with Crippen molar-refractivity contribution >= 4 is 16.8 Å². The van der Waals surface area contributed by atoms with Crippen LogP contribution in [0.3, 0.4) is 0 Å². The Balaban J connectivity index is 3.62. The lowest BCUT2D eigenvalue weighted by Gasteiger charge is -2.15. The van der Waals surface area contributed by atoms with Gasteiger partial charge in [-0.2, -0.15) is 0 Å². The molecule has 4 heteroatoms. The molecule has 0 aromatic heterocycles. The fraction of sp³-hybridized carbons (Fsp3) is 0.833. The molecule has 0 N–H and O–H groups in total. The van der Waals surface area contributed by atoms with Crippen LogP contribution >= 0.6 is 10.9 Å². The van der Waals surface area contributed by atoms with E-state index >= 15 is 0 Å². The van der Waals surface area contributed by atoms with Gasteiger partial charge in [-0.1, -0.05) is 0 Å². The van der Waals surface area contributed by atoms with Gasteiger partial charge < -0.3 is 0 Å². The molecule has 0 aromatic carbocycles. The lowest BCUT2D eigenvalue weighted by atomic mass is 10.7. The second-order valence-electron chi connectivity index (χ2n) is 2.31. The first-order valence-electron chi connectivity index (χ1n) is 3.03. The first kappa shape index (κ1) is 9.78. The summed E-state index contributed by atoms with van der Waals surface area (Å²) in [6.45, 7) is 0. The highest BCUT2D eigenvalue weighted by Crippen LogP contribution is 2.12. The van der Waals surface area contributed by atoms with Gasteiger partial charge in [0.05, 0.1) is 12.9 Å². The Morgan fingerprint density at radius 3 is 2.40 bits per heavy atom. The standard InChI is InChI=1S/C6H15NO2S/c1-7(9-2)6(8)5-10(3)4/h10H,5H2,1-4H3. The molecule has 0 saturated heterocycles. The van der Waals surface area contributed by atoms with Gasteiger partial charge in [0.15, 0.2) is 0 Å². The summed E-state index contributed by atoms with van der Waals surface area (Å²) in [5.74, 6) is 0.665. The molecule has 1 amide bonds. The second kappa shape index (κ2) is 4.57. The summed E-state index contributed by atoms with van der Waals surface area (Å²) >= 11 is 0. The van der Waals surface area contributed by atoms with Crippen molar-refractivity contribution in [3.63, 3.8) is 0 Å². The Morgan fingerprint density at radius 1 is 1.60 bits per heavy atom. The topological polar surface area (TPSA) is 29.5 Å². The minimum atomic E-state index is -0.149. The number of hydroxylamine groups is 2. The first-order valence-corrected chi connectivity index (χ1v) is 5.45. The van der Waals surface area contributed by atoms with Crippen molar-refractivity contribution in [2.24, 2.45) is 0 Å². The molecule has 0 fully saturated rings. The van der Waals surface area contributed by atoms with E-state index in [1.54, 1.807) is 7.05 Å². The fourth-order valence-corrected chi connectivity index (χ4v) is 1.21. The summed E-state index contributed by atoms with van der Waals surface area (Å²) in [4.78, 5) is 15.7. The average Bonchev–Trinajstić information content (AvgIpc) is 1.85. The van der Waals surface area contributed by atoms with Crippen LogP contribution < -0.4 is 0 Å². The van der Waals surface area contributed by atoms with Crippen LogP contribution in [-0.2, 0) is 9.63 Å². The zero-order valence-corrected chi connectivity index (χ0v) is 7.81. The molecule has 0 atom stereocenters. The summed E-state index contributed by atoms with van der Waals surface area (Å²) in [5.41, 5.74) is 0. The third-order valence-electron chi connectivity index (χ3n) is 1.08. The maximum absolute atomic E-state index is 11.0. The molecular weight excluding hydrogens is 150 g/mol. The van der Waals surface area contributed by atoms with E-state index in [0.717, 1.165) is 0 Å². The van der Waals surface area contributed by atoms with Gasteiger partial charge in [-0.3, -0.25) is 20.5 Å². The number of rotatable bonds is 3. The third-order valence-corrected chi connectivity index (χ3v) is 1.98. The highest BCUT2D eigenvalue weighted by atomic mass is 32.2. The van der Waals surface area contributed by atoms with E-state index in [4.69, 9.17) is 4.84 Å². The number of hydrogen-bond donors (Lipinski definition) is 1. The van der Waals surface area contributed by atoms with E-state index in [1.165, 1.54) is 12.2 Å². The predicted molar refractivity (Wildman–Crippen MR) is 45.5 cm³/mol. The van der Waals surface area contributed by atoms with Crippen LogP contribution in [0.1, 0.15) is 0 Å². The smallest absolute Gasteiger partial charge is 0.254 e. The summed E-state index contributed by atoms with van der Waals surface area (Å²) < 4.78 is 0. The number of nitrogens with zero attached hydrogens (tertiary/aromatic N) is 1. The van der Waals surface area contributed by atoms with Crippen molar-refractivity contribution in [3.8, 4) is 0 Å². The van der Waals surface area contributed by atoms with Crippen LogP contribution in [0.4, 0.5) is 0 Å². The first-order chi connectivity index (χ1) is 4.57. The SMILES string of the molecule is CON(C)C(=O)C[SH](C)C. The van der Waals surface area contributed by atoms with Crippen LogP contribution in [0.5, 0.6) is 0 Å². The second-order valence-corrected chi connectivity index (χ2v) is 4.79. The molecule has 0 bridgehead atoms. The van der Waals surface area contributed by atoms with Crippen molar-refractivity contribution in [1.29, 1.82) is 0 Å². The van der Waals surface area contributed by atoms with E-state index in [9.17, 15) is 4.79 Å². The Labute approximate surface area is 64.6 Å². The maximum atomic E-state index is 11.0. The lowest BCUT2D eigenvalue weighted by molar-refractivity contribution is -0.165. The molecular formula is C6H15NO2S. The monoisotopic (exact) mass is 165 g/mol. The van der Waals surface area contributed by atoms with Crippen LogP contribution in [0.25, 0.3) is 0 Å². The molecule has 0 spiro atoms. The van der Waals surface area contributed by atoms with E-state index in [2.05, 4.69) is 12.5 Å². The molecule has 0 aliphatic heterocycles. The molecule has 62 valence electrons. The predicted octanol–water partition coefficient (Wildman–Crippen LogP) is 0.267. The summed E-state index contributed by atoms with van der Waals surface area (Å²) in [7, 11) is 2.97. The maximum Gasteiger partial charge on any atom is 0.254 e. The molecule has 0 rings (SSSR count). The Morgan fingerprint density at radius 2 is 2.10 bits per heavy atom. The summed E-state index contributed by atoms with van der Waals surface area (Å²) in [6.07, 6.45) is 4.13. The number of carbonyl (C=O) groups excluding carboxylic acids is 1. The molecule has 0 aliphatic carbocycles. The summed E-state index contributed by atoms with van der Waals surface area (Å²) in [6, 6.07) is 0. The largest absolute Gasteiger partial charge is 0.275 e. The van der Waals surface area contributed by atoms with Crippen LogP contribution in [-0.4, -0.2) is 43.4 Å². The molecule has 0 saturated carbocycles. The van der Waals surface area contributed by atoms with Gasteiger partial charge in [0.2, 0.25) is 0 Å². The van der Waals surface area contributed by atoms with Crippen LogP contribution in [0.15, 0.2) is 0 Å². The highest BCUT2D eigenvalue weighted by molar-refractivity contribution is 8.16. The number of amides is 1. The normalized spacial score (nSPS) is 11.0. The number of hydrogen-bond acceptors (Lipinski definition) is 2. The Kier molecular flexibility index (Phi) is 4.47. The molecule has 0 radical (unpaired) electrons. The van der Waals surface area contributed by atoms with Crippen molar-refractivity contribution in [3.05, 3.63) is 0 Å². The van der Waals surface area contributed by atoms with E-state index < -0.39 is 0 Å². The molecule has 0 heterocycles. The van der Waals surface area contributed by atoms with Gasteiger partial charge in [0.1, 0.15) is 0 Å². The molecule has 10 heavy (non-hydrogen) atoms. The Hall–Kier alpha value is -0.220. The van der Waals surface area contributed by atoms with Gasteiger partial charge >= 0.3 is 0 Å². The number of carbonyl (C=O) groups is 1. The van der Waals surface area contributed by atoms with Gasteiger partial charge in [-0.25, -0.2) is 5.06 Å². The fourth-order valence-electron chi connectivity index (χ4n) is 0.472. The zero-order chi connectivity index (χ0) is 8.15. The van der Waals surface area contributed by atoms with E-state index in [1.807, 2.05) is 0 Å². The minimum absolute atomic E-state index is 0.0543. The van der Waals surface area contributed by atoms with Gasteiger partial charge in [0.25, 0.3) is 5.91 Å². The van der Waals surface area contributed by atoms with Crippen molar-refractivity contribution in [1.82, 2.24) is 5.06 Å². The van der Waals surface area contributed by atoms with Crippen molar-refractivity contribution < 1.29 is 9.63 Å². The average molecular weight is 165 g/mol. The van der Waals surface area contributed by atoms with Gasteiger partial charge in [-0.15, -0.1) is 0 Å². The van der Waals surface area contributed by atoms with Crippen LogP contribution in [0, 0.1) is 0 Å². The van der Waals surface area contributed by atoms with E-state index in [-0.39, 0.29) is 16.8 Å². The highest BCUT2D eigenvalue weighted by Gasteiger charge is 2.07. The quantitative estimate of drug-likeness (QED) is 0.480. The lowest BCUT2D eigenvalue weighted by Crippen LogP contribution is -2.27. The van der Waals surface area contributed by atoms with Gasteiger partial charge in [-0.05, 0) is 12.5 Å². The van der Waals surface area contributed by atoms with E-state index in [0.29, 0.717) is 5.75 Å². The molecule has 0 aliphatic rings. The van der Waals surface area contributed by atoms with Crippen molar-refractivity contribution in [2.45, 2.75) is 0 Å². The molecule has 0 unspecified atom stereocenters. The van der Waals surface area contributed by atoms with Crippen LogP contribution in [0.2, 0.25) is 0 Å². The summed E-state index contributed by atoms with van der Waals surface area (Å²) in [5, 5.41) is 1.27. The molecule has 0 aromatic rings. The third kappa shape index (κ3) is 3.74. The van der Waals surface area contributed by atoms with Gasteiger partial charge in [0, 0.05) is 7.05 Å². The minimum Gasteiger partial charge on any atom is -0.275 e. The molecule has 3 nitrogen and oxygen atoms in total. The zero-order valence-electron chi connectivity index (χ0n) is 6.92. The van der Waals surface area contributed by atoms with Crippen molar-refractivity contribution in [2.75, 3.05) is 32.4 Å². The Bertz CT molecular complexity index is 116. The number of thiol groups is 1.